The van der Waals surface area contributed by atoms with Gasteiger partial charge in [-0.25, -0.2) is 0 Å². The van der Waals surface area contributed by atoms with Crippen LogP contribution in [-0.2, 0) is 6.42 Å². The Labute approximate surface area is 160 Å². The van der Waals surface area contributed by atoms with Crippen LogP contribution < -0.4 is 9.64 Å². The molecule has 2 aromatic carbocycles. The third kappa shape index (κ3) is 2.88. The highest BCUT2D eigenvalue weighted by atomic mass is 79.9. The van der Waals surface area contributed by atoms with Crippen LogP contribution in [0.1, 0.15) is 49.8 Å². The minimum atomic E-state index is 0.130. The quantitative estimate of drug-likeness (QED) is 0.485. The highest BCUT2D eigenvalue weighted by Crippen LogP contribution is 2.49. The maximum absolute atomic E-state index is 6.44. The fraction of sp³-hybridized carbons (Fsp3) is 0.400. The molecule has 2 atom stereocenters. The molecule has 0 radical (unpaired) electrons. The van der Waals surface area contributed by atoms with Gasteiger partial charge < -0.3 is 9.64 Å². The molecular formula is C20H21Br2NO. The van der Waals surface area contributed by atoms with E-state index < -0.39 is 0 Å². The second-order valence-electron chi connectivity index (χ2n) is 6.65. The summed E-state index contributed by atoms with van der Waals surface area (Å²) in [4.78, 5) is 2.51. The van der Waals surface area contributed by atoms with E-state index in [0.717, 1.165) is 27.5 Å². The molecule has 24 heavy (non-hydrogen) atoms. The lowest BCUT2D eigenvalue weighted by molar-refractivity contribution is 0.152. The lowest BCUT2D eigenvalue weighted by Gasteiger charge is -2.41. The molecule has 0 bridgehead atoms. The summed E-state index contributed by atoms with van der Waals surface area (Å²) in [5, 5.41) is 0. The van der Waals surface area contributed by atoms with Crippen LogP contribution in [-0.4, -0.2) is 6.23 Å². The Morgan fingerprint density at radius 2 is 1.88 bits per heavy atom. The zero-order chi connectivity index (χ0) is 16.7. The fourth-order valence-corrected chi connectivity index (χ4v) is 4.66. The topological polar surface area (TPSA) is 12.5 Å². The van der Waals surface area contributed by atoms with Crippen molar-refractivity contribution in [2.24, 2.45) is 0 Å². The highest BCUT2D eigenvalue weighted by Gasteiger charge is 2.41. The first-order valence-electron chi connectivity index (χ1n) is 8.70. The van der Waals surface area contributed by atoms with E-state index in [2.05, 4.69) is 80.1 Å². The smallest absolute Gasteiger partial charge is 0.172 e. The van der Waals surface area contributed by atoms with Gasteiger partial charge in [0.05, 0.1) is 6.04 Å². The van der Waals surface area contributed by atoms with Crippen LogP contribution >= 0.6 is 31.9 Å². The Bertz CT molecular complexity index is 761. The third-order valence-electron chi connectivity index (χ3n) is 5.03. The van der Waals surface area contributed by atoms with Crippen molar-refractivity contribution in [3.8, 4) is 5.75 Å². The number of nitrogens with zero attached hydrogens (tertiary/aromatic N) is 1. The molecule has 2 aromatic rings. The molecule has 2 nitrogen and oxygen atoms in total. The van der Waals surface area contributed by atoms with Gasteiger partial charge in [-0.1, -0.05) is 57.7 Å². The number of ether oxygens (including phenoxy) is 1. The minimum Gasteiger partial charge on any atom is -0.470 e. The predicted molar refractivity (Wildman–Crippen MR) is 106 cm³/mol. The normalized spacial score (nSPS) is 21.0. The van der Waals surface area contributed by atoms with Crippen LogP contribution in [0.4, 0.5) is 5.69 Å². The van der Waals surface area contributed by atoms with Gasteiger partial charge in [-0.3, -0.25) is 0 Å². The summed E-state index contributed by atoms with van der Waals surface area (Å²) in [6, 6.07) is 13.5. The summed E-state index contributed by atoms with van der Waals surface area (Å²) in [5.74, 6) is 1.04. The minimum absolute atomic E-state index is 0.130. The number of hydrogen-bond donors (Lipinski definition) is 0. The van der Waals surface area contributed by atoms with E-state index in [9.17, 15) is 0 Å². The Kier molecular flexibility index (Phi) is 4.61. The summed E-state index contributed by atoms with van der Waals surface area (Å²) in [5.41, 5.74) is 4.05. The van der Waals surface area contributed by atoms with Crippen molar-refractivity contribution in [1.82, 2.24) is 0 Å². The number of halogens is 2. The van der Waals surface area contributed by atoms with Crippen LogP contribution in [0.2, 0.25) is 0 Å². The lowest BCUT2D eigenvalue weighted by Crippen LogP contribution is -2.44. The summed E-state index contributed by atoms with van der Waals surface area (Å²) < 4.78 is 8.68. The number of unbranched alkanes of at least 4 members (excludes halogenated alkanes) is 2. The molecule has 0 aliphatic carbocycles. The molecule has 0 spiro atoms. The Morgan fingerprint density at radius 1 is 1.08 bits per heavy atom. The summed E-state index contributed by atoms with van der Waals surface area (Å²) in [7, 11) is 0. The average molecular weight is 451 g/mol. The molecule has 0 saturated heterocycles. The van der Waals surface area contributed by atoms with Gasteiger partial charge in [0.15, 0.2) is 6.23 Å². The van der Waals surface area contributed by atoms with Gasteiger partial charge in [-0.05, 0) is 48.7 Å². The van der Waals surface area contributed by atoms with Gasteiger partial charge in [0.2, 0.25) is 0 Å². The zero-order valence-corrected chi connectivity index (χ0v) is 16.9. The number of rotatable bonds is 4. The average Bonchev–Trinajstić information content (AvgIpc) is 2.93. The summed E-state index contributed by atoms with van der Waals surface area (Å²) >= 11 is 7.20. The van der Waals surface area contributed by atoms with Gasteiger partial charge >= 0.3 is 0 Å². The van der Waals surface area contributed by atoms with E-state index in [-0.39, 0.29) is 6.23 Å². The number of anilines is 1. The van der Waals surface area contributed by atoms with E-state index in [4.69, 9.17) is 4.74 Å². The van der Waals surface area contributed by atoms with Crippen molar-refractivity contribution in [2.45, 2.75) is 51.3 Å². The van der Waals surface area contributed by atoms with Gasteiger partial charge in [-0.15, -0.1) is 0 Å². The molecule has 4 rings (SSSR count). The van der Waals surface area contributed by atoms with Crippen molar-refractivity contribution >= 4 is 37.5 Å². The van der Waals surface area contributed by atoms with Crippen molar-refractivity contribution in [2.75, 3.05) is 4.90 Å². The molecule has 2 aliphatic heterocycles. The van der Waals surface area contributed by atoms with Crippen LogP contribution in [0.5, 0.6) is 5.75 Å². The Morgan fingerprint density at radius 3 is 2.71 bits per heavy atom. The second-order valence-corrected chi connectivity index (χ2v) is 8.48. The Hall–Kier alpha value is -1.00. The van der Waals surface area contributed by atoms with Crippen molar-refractivity contribution < 1.29 is 4.74 Å². The molecule has 4 heteroatoms. The van der Waals surface area contributed by atoms with Crippen molar-refractivity contribution in [3.63, 3.8) is 0 Å². The van der Waals surface area contributed by atoms with Crippen LogP contribution in [0.3, 0.4) is 0 Å². The van der Waals surface area contributed by atoms with E-state index in [0.29, 0.717) is 6.04 Å². The lowest BCUT2D eigenvalue weighted by atomic mass is 9.99. The van der Waals surface area contributed by atoms with E-state index in [1.165, 1.54) is 36.1 Å². The maximum atomic E-state index is 6.44. The first kappa shape index (κ1) is 16.5. The molecule has 0 saturated carbocycles. The number of hydrogen-bond acceptors (Lipinski definition) is 2. The maximum Gasteiger partial charge on any atom is 0.172 e. The van der Waals surface area contributed by atoms with E-state index in [1.54, 1.807) is 0 Å². The summed E-state index contributed by atoms with van der Waals surface area (Å²) in [6.45, 7) is 2.25. The number of benzene rings is 2. The van der Waals surface area contributed by atoms with Gasteiger partial charge in [0.1, 0.15) is 5.75 Å². The highest BCUT2D eigenvalue weighted by molar-refractivity contribution is 9.10. The second kappa shape index (κ2) is 6.72. The monoisotopic (exact) mass is 449 g/mol. The van der Waals surface area contributed by atoms with Gasteiger partial charge in [0.25, 0.3) is 0 Å². The molecule has 0 N–H and O–H groups in total. The van der Waals surface area contributed by atoms with Crippen molar-refractivity contribution in [3.05, 3.63) is 56.5 Å². The molecule has 2 aliphatic rings. The van der Waals surface area contributed by atoms with Crippen LogP contribution in [0, 0.1) is 0 Å². The van der Waals surface area contributed by atoms with E-state index in [1.807, 2.05) is 0 Å². The fourth-order valence-electron chi connectivity index (χ4n) is 3.92. The number of fused-ring (bicyclic) bond motifs is 5. The molecular weight excluding hydrogens is 430 g/mol. The molecule has 126 valence electrons. The third-order valence-corrected chi connectivity index (χ3v) is 6.02. The summed E-state index contributed by atoms with van der Waals surface area (Å²) in [6.07, 6.45) is 5.96. The van der Waals surface area contributed by atoms with Gasteiger partial charge in [0, 0.05) is 26.6 Å². The molecule has 0 unspecified atom stereocenters. The predicted octanol–water partition coefficient (Wildman–Crippen LogP) is 6.61. The Balaban J connectivity index is 1.74. The SMILES string of the molecule is CCCCC[C@@H]1Oc2cc(Br)ccc2[C@H]2Cc3cc(Br)ccc3N12. The van der Waals surface area contributed by atoms with Gasteiger partial charge in [-0.2, -0.15) is 0 Å². The molecule has 0 amide bonds. The van der Waals surface area contributed by atoms with Crippen LogP contribution in [0.25, 0.3) is 0 Å². The molecule has 2 heterocycles. The molecule has 0 fully saturated rings. The first-order chi connectivity index (χ1) is 11.7. The first-order valence-corrected chi connectivity index (χ1v) is 10.3. The van der Waals surface area contributed by atoms with E-state index >= 15 is 0 Å². The molecule has 0 aromatic heterocycles. The van der Waals surface area contributed by atoms with Crippen LogP contribution in [0.15, 0.2) is 45.3 Å². The van der Waals surface area contributed by atoms with Crippen molar-refractivity contribution in [1.29, 1.82) is 0 Å². The largest absolute Gasteiger partial charge is 0.470 e. The standard InChI is InChI=1S/C20H21Br2NO/c1-2-3-4-5-20-23-17-9-7-14(21)10-13(17)11-18(23)16-8-6-15(22)12-19(16)24-20/h6-10,12,18,20H,2-5,11H2,1H3/t18-,20+/m1/s1. The zero-order valence-electron chi connectivity index (χ0n) is 13.8.